The van der Waals surface area contributed by atoms with Crippen LogP contribution in [-0.4, -0.2) is 59.8 Å². The van der Waals surface area contributed by atoms with E-state index in [1.54, 1.807) is 35.3 Å². The van der Waals surface area contributed by atoms with E-state index >= 15 is 0 Å². The monoisotopic (exact) mass is 250 g/mol. The van der Waals surface area contributed by atoms with Crippen molar-refractivity contribution < 1.29 is 11.0 Å². The van der Waals surface area contributed by atoms with Crippen molar-refractivity contribution in [1.82, 2.24) is 20.1 Å². The van der Waals surface area contributed by atoms with Gasteiger partial charge in [-0.2, -0.15) is 5.01 Å². The van der Waals surface area contributed by atoms with Crippen molar-refractivity contribution in [2.45, 2.75) is 6.29 Å². The predicted molar refractivity (Wildman–Crippen MR) is 65.2 cm³/mol. The maximum Gasteiger partial charge on any atom is 0.366 e. The molecule has 2 heterocycles. The Bertz CT molecular complexity index is 493. The van der Waals surface area contributed by atoms with Crippen molar-refractivity contribution in [3.05, 3.63) is 30.1 Å². The number of hydrazine groups is 1. The van der Waals surface area contributed by atoms with Crippen LogP contribution in [0.1, 0.15) is 11.7 Å². The number of aromatic nitrogens is 1. The second kappa shape index (κ2) is 5.11. The third-order valence-electron chi connectivity index (χ3n) is 2.41. The maximum absolute atomic E-state index is 11.9. The average molecular weight is 250 g/mol. The molecule has 2 rings (SSSR count). The Kier molecular flexibility index (Phi) is 3.16. The molecule has 0 saturated heterocycles. The highest BCUT2D eigenvalue weighted by atomic mass is 16.7. The maximum atomic E-state index is 11.9. The van der Waals surface area contributed by atoms with Gasteiger partial charge in [0.15, 0.2) is 6.29 Å². The van der Waals surface area contributed by atoms with Crippen LogP contribution in [0.2, 0.25) is 0 Å². The number of pyridine rings is 1. The molecule has 0 aromatic carbocycles. The van der Waals surface area contributed by atoms with Gasteiger partial charge in [-0.3, -0.25) is 9.88 Å². The fourth-order valence-electron chi connectivity index (χ4n) is 1.50. The molecular formula is C11H15N5O2. The molecule has 18 heavy (non-hydrogen) atoms. The van der Waals surface area contributed by atoms with Crippen molar-refractivity contribution in [2.24, 2.45) is 4.99 Å². The van der Waals surface area contributed by atoms with Gasteiger partial charge in [0.2, 0.25) is 0 Å². The van der Waals surface area contributed by atoms with Crippen molar-refractivity contribution in [3.63, 3.8) is 0 Å². The van der Waals surface area contributed by atoms with Crippen molar-refractivity contribution in [1.29, 1.82) is 0 Å². The fourth-order valence-corrected chi connectivity index (χ4v) is 1.50. The number of aliphatic imine (C=N–C) groups is 1. The largest absolute Gasteiger partial charge is 0.366 e. The Morgan fingerprint density at radius 2 is 2.39 bits per heavy atom. The summed E-state index contributed by atoms with van der Waals surface area (Å²) in [5.41, 5.74) is 0.317. The zero-order valence-corrected chi connectivity index (χ0v) is 10.4. The number of hydrogen-bond acceptors (Lipinski definition) is 7. The number of rotatable bonds is 3. The molecule has 7 heteroatoms. The summed E-state index contributed by atoms with van der Waals surface area (Å²) in [6.07, 6.45) is 2.48. The van der Waals surface area contributed by atoms with E-state index < -0.39 is 5.97 Å². The number of carbonyl (C=O) groups is 1. The molecule has 1 aromatic rings. The molecular weight excluding hydrogens is 234 g/mol. The summed E-state index contributed by atoms with van der Waals surface area (Å²) in [6, 6.07) is 3.23. The molecule has 1 aromatic heterocycles. The molecule has 0 saturated carbocycles. The number of hydroxylamine groups is 1. The first-order valence-electron chi connectivity index (χ1n) is 5.86. The van der Waals surface area contributed by atoms with E-state index in [4.69, 9.17) is 6.21 Å². The fraction of sp³-hybridized carbons (Fsp3) is 0.364. The molecule has 7 nitrogen and oxygen atoms in total. The summed E-state index contributed by atoms with van der Waals surface area (Å²) in [7, 11) is 5.33. The SMILES string of the molecule is [2H]C1=NC(N(C)C)N(C)N1OC(=O)c1cccnc1. The van der Waals surface area contributed by atoms with Gasteiger partial charge in [0.25, 0.3) is 0 Å². The van der Waals surface area contributed by atoms with E-state index in [2.05, 4.69) is 9.98 Å². The molecule has 1 aliphatic rings. The van der Waals surface area contributed by atoms with Crippen LogP contribution < -0.4 is 0 Å². The summed E-state index contributed by atoms with van der Waals surface area (Å²) in [6.45, 7) is 0. The van der Waals surface area contributed by atoms with Gasteiger partial charge in [0.1, 0.15) is 7.69 Å². The first-order valence-corrected chi connectivity index (χ1v) is 5.36. The highest BCUT2D eigenvalue weighted by Crippen LogP contribution is 2.13. The summed E-state index contributed by atoms with van der Waals surface area (Å²) in [5.74, 6) is -0.584. The van der Waals surface area contributed by atoms with E-state index in [9.17, 15) is 4.79 Å². The van der Waals surface area contributed by atoms with E-state index in [-0.39, 0.29) is 12.6 Å². The lowest BCUT2D eigenvalue weighted by Crippen LogP contribution is -2.46. The first-order chi connectivity index (χ1) is 9.00. The van der Waals surface area contributed by atoms with Gasteiger partial charge in [-0.05, 0) is 26.2 Å². The van der Waals surface area contributed by atoms with Crippen LogP contribution in [0.5, 0.6) is 0 Å². The standard InChI is InChI=1S/C11H15N5O2/c1-14(2)11-13-8-16(15(11)3)18-10(17)9-5-4-6-12-7-9/h4-8,11H,1-3H3/i8D. The van der Waals surface area contributed by atoms with Crippen molar-refractivity contribution >= 4 is 12.3 Å². The lowest BCUT2D eigenvalue weighted by molar-refractivity contribution is -0.190. The first kappa shape index (κ1) is 11.1. The third kappa shape index (κ3) is 2.47. The number of amidine groups is 1. The van der Waals surface area contributed by atoms with E-state index in [1.165, 1.54) is 6.20 Å². The average Bonchev–Trinajstić information content (AvgIpc) is 2.68. The third-order valence-corrected chi connectivity index (χ3v) is 2.41. The predicted octanol–water partition coefficient (Wildman–Crippen LogP) is 0.189. The van der Waals surface area contributed by atoms with Crippen molar-refractivity contribution in [2.75, 3.05) is 21.1 Å². The Hall–Kier alpha value is -1.99. The smallest absolute Gasteiger partial charge is 0.318 e. The normalized spacial score (nSPS) is 20.9. The second-order valence-electron chi connectivity index (χ2n) is 4.01. The highest BCUT2D eigenvalue weighted by Gasteiger charge is 2.28. The van der Waals surface area contributed by atoms with Crippen molar-refractivity contribution in [3.8, 4) is 0 Å². The van der Waals surface area contributed by atoms with Crippen LogP contribution in [0.4, 0.5) is 0 Å². The van der Waals surface area contributed by atoms with Gasteiger partial charge in [-0.15, -0.1) is 5.17 Å². The number of nitrogens with zero attached hydrogens (tertiary/aromatic N) is 5. The van der Waals surface area contributed by atoms with Crippen LogP contribution >= 0.6 is 0 Å². The molecule has 0 N–H and O–H groups in total. The molecule has 1 unspecified atom stereocenters. The summed E-state index contributed by atoms with van der Waals surface area (Å²) < 4.78 is 7.71. The molecule has 0 amide bonds. The molecule has 0 spiro atoms. The molecule has 1 aliphatic heterocycles. The lowest BCUT2D eigenvalue weighted by atomic mass is 10.3. The van der Waals surface area contributed by atoms with E-state index in [0.29, 0.717) is 5.56 Å². The minimum absolute atomic E-state index is 0.126. The second-order valence-corrected chi connectivity index (χ2v) is 4.01. The van der Waals surface area contributed by atoms with Gasteiger partial charge in [-0.25, -0.2) is 9.79 Å². The molecule has 0 aliphatic carbocycles. The number of carbonyl (C=O) groups excluding carboxylic acids is 1. The zero-order valence-electron chi connectivity index (χ0n) is 11.4. The summed E-state index contributed by atoms with van der Waals surface area (Å²) in [4.78, 5) is 26.7. The van der Waals surface area contributed by atoms with Crippen LogP contribution in [0.15, 0.2) is 29.5 Å². The minimum atomic E-state index is -0.584. The molecule has 0 bridgehead atoms. The zero-order chi connectivity index (χ0) is 14.0. The topological polar surface area (TPSA) is 61.3 Å². The van der Waals surface area contributed by atoms with E-state index in [1.807, 2.05) is 14.1 Å². The van der Waals surface area contributed by atoms with Crippen LogP contribution in [0, 0.1) is 0 Å². The van der Waals surface area contributed by atoms with Gasteiger partial charge in [0, 0.05) is 19.4 Å². The highest BCUT2D eigenvalue weighted by molar-refractivity contribution is 5.89. The van der Waals surface area contributed by atoms with Gasteiger partial charge in [-0.1, -0.05) is 0 Å². The van der Waals surface area contributed by atoms with Crippen LogP contribution in [-0.2, 0) is 4.84 Å². The molecule has 96 valence electrons. The van der Waals surface area contributed by atoms with Gasteiger partial charge < -0.3 is 4.84 Å². The summed E-state index contributed by atoms with van der Waals surface area (Å²) >= 11 is 0. The number of hydrogen-bond donors (Lipinski definition) is 0. The molecule has 0 fully saturated rings. The van der Waals surface area contributed by atoms with Gasteiger partial charge >= 0.3 is 5.97 Å². The van der Waals surface area contributed by atoms with E-state index in [0.717, 1.165) is 5.17 Å². The Morgan fingerprint density at radius 3 is 2.94 bits per heavy atom. The van der Waals surface area contributed by atoms with Gasteiger partial charge in [0.05, 0.1) is 5.56 Å². The molecule has 1 atom stereocenters. The molecule has 0 radical (unpaired) electrons. The Morgan fingerprint density at radius 1 is 1.61 bits per heavy atom. The van der Waals surface area contributed by atoms with Crippen LogP contribution in [0.3, 0.4) is 0 Å². The van der Waals surface area contributed by atoms with Crippen LogP contribution in [0.25, 0.3) is 0 Å². The Balaban J connectivity index is 2.08. The minimum Gasteiger partial charge on any atom is -0.318 e. The quantitative estimate of drug-likeness (QED) is 0.763. The summed E-state index contributed by atoms with van der Waals surface area (Å²) in [5, 5.41) is 2.61. The Labute approximate surface area is 107 Å². The lowest BCUT2D eigenvalue weighted by Gasteiger charge is -2.28.